The fraction of sp³-hybridized carbons (Fsp3) is 0.395. The molecular weight excluding hydrogens is 809 g/mol. The number of pyridine rings is 1. The number of rotatable bonds is 16. The number of ether oxygens (including phenoxy) is 4. The number of hydrogen-bond acceptors (Lipinski definition) is 10. The first-order valence-electron chi connectivity index (χ1n) is 19.3. The molecule has 314 valence electrons. The van der Waals surface area contributed by atoms with Crippen LogP contribution in [0, 0.1) is 11.8 Å². The molecule has 1 aliphatic carbocycles. The van der Waals surface area contributed by atoms with E-state index in [1.165, 1.54) is 47.6 Å². The van der Waals surface area contributed by atoms with Crippen molar-refractivity contribution in [2.24, 2.45) is 11.8 Å². The SMILES string of the molecule is CN(C)C(=O)c1cc(NC(C(=O)O[C@H]2CN3CCC2CC3)c2ccccc2)cc(C(=O)O[C@@H](Cc2c(Cl)c[nH+]cc2Cl)c2ccc(OC(F)F)c(OCC3CC3)c2)c1.[OH-]. The molecule has 16 heteroatoms. The van der Waals surface area contributed by atoms with Gasteiger partial charge >= 0.3 is 18.6 Å². The van der Waals surface area contributed by atoms with E-state index in [0.29, 0.717) is 41.4 Å². The molecule has 3 N–H and O–H groups in total. The van der Waals surface area contributed by atoms with Crippen molar-refractivity contribution in [1.29, 1.82) is 0 Å². The first kappa shape index (κ1) is 43.6. The Labute approximate surface area is 351 Å². The topological polar surface area (TPSA) is 151 Å². The maximum absolute atomic E-state index is 14.3. The van der Waals surface area contributed by atoms with Crippen LogP contribution in [0.1, 0.15) is 75.2 Å². The van der Waals surface area contributed by atoms with Gasteiger partial charge in [-0.05, 0) is 92.1 Å². The average Bonchev–Trinajstić information content (AvgIpc) is 4.05. The molecule has 0 radical (unpaired) electrons. The van der Waals surface area contributed by atoms with E-state index in [9.17, 15) is 23.2 Å². The Morgan fingerprint density at radius 3 is 2.22 bits per heavy atom. The van der Waals surface area contributed by atoms with Crippen molar-refractivity contribution in [3.63, 3.8) is 0 Å². The lowest BCUT2D eigenvalue weighted by atomic mass is 9.86. The molecule has 4 heterocycles. The van der Waals surface area contributed by atoms with Gasteiger partial charge in [0, 0.05) is 43.9 Å². The first-order valence-corrected chi connectivity index (χ1v) is 20.0. The zero-order valence-corrected chi connectivity index (χ0v) is 34.1. The summed E-state index contributed by atoms with van der Waals surface area (Å²) in [5, 5.41) is 3.81. The van der Waals surface area contributed by atoms with Gasteiger partial charge in [-0.3, -0.25) is 9.69 Å². The number of carbonyl (C=O) groups excluding carboxylic acids is 3. The van der Waals surface area contributed by atoms with E-state index < -0.39 is 36.6 Å². The number of esters is 2. The molecule has 3 saturated heterocycles. The van der Waals surface area contributed by atoms with Crippen LogP contribution in [-0.4, -0.2) is 86.2 Å². The van der Waals surface area contributed by atoms with Gasteiger partial charge in [0.2, 0.25) is 0 Å². The number of H-pyrrole nitrogens is 1. The van der Waals surface area contributed by atoms with E-state index >= 15 is 0 Å². The zero-order valence-electron chi connectivity index (χ0n) is 32.5. The summed E-state index contributed by atoms with van der Waals surface area (Å²) in [7, 11) is 3.17. The Morgan fingerprint density at radius 1 is 0.898 bits per heavy atom. The number of carbonyl (C=O) groups is 3. The Bertz CT molecular complexity index is 2100. The van der Waals surface area contributed by atoms with Crippen LogP contribution in [-0.2, 0) is 20.7 Å². The van der Waals surface area contributed by atoms with Gasteiger partial charge in [0.1, 0.15) is 22.3 Å². The number of aromatic nitrogens is 1. The van der Waals surface area contributed by atoms with Crippen LogP contribution in [0.3, 0.4) is 0 Å². The lowest BCUT2D eigenvalue weighted by Gasteiger charge is -2.44. The number of alkyl halides is 2. The Morgan fingerprint density at radius 2 is 1.59 bits per heavy atom. The largest absolute Gasteiger partial charge is 0.870 e. The summed E-state index contributed by atoms with van der Waals surface area (Å²) in [6, 6.07) is 16.9. The lowest BCUT2D eigenvalue weighted by molar-refractivity contribution is -0.377. The van der Waals surface area contributed by atoms with Gasteiger partial charge in [-0.15, -0.1) is 0 Å². The molecule has 1 amide bonds. The zero-order chi connectivity index (χ0) is 40.9. The summed E-state index contributed by atoms with van der Waals surface area (Å²) < 4.78 is 49.8. The van der Waals surface area contributed by atoms with Crippen LogP contribution in [0.4, 0.5) is 14.5 Å². The van der Waals surface area contributed by atoms with E-state index in [-0.39, 0.29) is 56.6 Å². The number of fused-ring (bicyclic) bond motifs is 3. The van der Waals surface area contributed by atoms with Crippen molar-refractivity contribution in [2.45, 2.75) is 57.0 Å². The highest BCUT2D eigenvalue weighted by atomic mass is 35.5. The number of aromatic amines is 1. The second-order valence-electron chi connectivity index (χ2n) is 15.2. The smallest absolute Gasteiger partial charge is 0.387 e. The van der Waals surface area contributed by atoms with Gasteiger partial charge in [-0.2, -0.15) is 8.78 Å². The first-order chi connectivity index (χ1) is 27.9. The van der Waals surface area contributed by atoms with Gasteiger partial charge in [-0.1, -0.05) is 59.6 Å². The molecule has 8 rings (SSSR count). The van der Waals surface area contributed by atoms with Crippen molar-refractivity contribution in [3.8, 4) is 11.5 Å². The summed E-state index contributed by atoms with van der Waals surface area (Å²) in [5.41, 5.74) is 1.93. The van der Waals surface area contributed by atoms with Crippen LogP contribution in [0.5, 0.6) is 11.5 Å². The number of halogens is 4. The van der Waals surface area contributed by atoms with Crippen molar-refractivity contribution >= 4 is 46.7 Å². The van der Waals surface area contributed by atoms with Gasteiger partial charge in [-0.25, -0.2) is 14.6 Å². The summed E-state index contributed by atoms with van der Waals surface area (Å²) in [6.07, 6.45) is 5.59. The second-order valence-corrected chi connectivity index (χ2v) is 16.0. The number of hydrogen-bond donors (Lipinski definition) is 1. The van der Waals surface area contributed by atoms with Gasteiger partial charge in [0.05, 0.1) is 12.2 Å². The van der Waals surface area contributed by atoms with Crippen LogP contribution in [0.2, 0.25) is 10.0 Å². The second kappa shape index (κ2) is 19.4. The minimum Gasteiger partial charge on any atom is -0.870 e. The van der Waals surface area contributed by atoms with Gasteiger partial charge < -0.3 is 34.6 Å². The maximum Gasteiger partial charge on any atom is 0.387 e. The molecule has 1 saturated carbocycles. The molecule has 4 fully saturated rings. The molecule has 0 spiro atoms. The van der Waals surface area contributed by atoms with E-state index in [1.807, 2.05) is 30.3 Å². The van der Waals surface area contributed by atoms with E-state index in [2.05, 4.69) is 15.2 Å². The number of anilines is 1. The highest BCUT2D eigenvalue weighted by molar-refractivity contribution is 6.35. The lowest BCUT2D eigenvalue weighted by Crippen LogP contribution is -2.52. The third-order valence-corrected chi connectivity index (χ3v) is 11.4. The van der Waals surface area contributed by atoms with Crippen LogP contribution < -0.4 is 19.8 Å². The Balaban J connectivity index is 0.00000585. The van der Waals surface area contributed by atoms with Crippen molar-refractivity contribution < 1.29 is 52.6 Å². The molecule has 59 heavy (non-hydrogen) atoms. The third-order valence-electron chi connectivity index (χ3n) is 10.7. The molecule has 12 nitrogen and oxygen atoms in total. The fourth-order valence-corrected chi connectivity index (χ4v) is 7.90. The van der Waals surface area contributed by atoms with E-state index in [1.54, 1.807) is 20.2 Å². The van der Waals surface area contributed by atoms with E-state index in [4.69, 9.17) is 42.1 Å². The third kappa shape index (κ3) is 11.0. The highest BCUT2D eigenvalue weighted by Crippen LogP contribution is 2.39. The number of amides is 1. The molecule has 2 bridgehead atoms. The van der Waals surface area contributed by atoms with Crippen molar-refractivity contribution in [3.05, 3.63) is 117 Å². The Hall–Kier alpha value is -5.02. The van der Waals surface area contributed by atoms with Gasteiger partial charge in [0.15, 0.2) is 29.9 Å². The standard InChI is InChI=1S/C43H44Cl2F2N4O7.H2O/c1-50(2)40(52)29-16-30(18-31(17-29)49-39(27-6-4-3-5-7-27)42(54)57-38-23-51-14-12-26(38)13-15-51)41(53)56-36(20-32-33(44)21-48-22-34(32)45)28-10-11-35(58-43(46)47)37(19-28)55-24-25-8-9-25;/h3-7,10-11,16-19,21-22,25-26,36,38-39,43,49H,8-9,12-15,20,23-24H2,1-2H3;1H2/t36-,38-,39?;/m0./s1. The number of benzene rings is 3. The minimum absolute atomic E-state index is 0. The Kier molecular flexibility index (Phi) is 14.3. The number of nitrogens with one attached hydrogen (secondary N) is 2. The average molecular weight is 856 g/mol. The normalized spacial score (nSPS) is 19.2. The summed E-state index contributed by atoms with van der Waals surface area (Å²) >= 11 is 13.1. The predicted octanol–water partition coefficient (Wildman–Crippen LogP) is 7.65. The minimum atomic E-state index is -3.09. The van der Waals surface area contributed by atoms with Crippen LogP contribution in [0.15, 0.2) is 79.1 Å². The molecule has 3 atom stereocenters. The number of piperidine rings is 3. The molecule has 3 aromatic carbocycles. The summed E-state index contributed by atoms with van der Waals surface area (Å²) in [6.45, 7) is -0.133. The molecular formula is C43H46Cl2F2N4O8. The molecule has 1 aromatic heterocycles. The number of nitrogens with zero attached hydrogens (tertiary/aromatic N) is 2. The van der Waals surface area contributed by atoms with E-state index in [0.717, 1.165) is 38.8 Å². The molecule has 4 aromatic rings. The fourth-order valence-electron chi connectivity index (χ4n) is 7.37. The summed E-state index contributed by atoms with van der Waals surface area (Å²) in [4.78, 5) is 48.3. The quantitative estimate of drug-likeness (QED) is 0.111. The van der Waals surface area contributed by atoms with Crippen LogP contribution >= 0.6 is 23.2 Å². The van der Waals surface area contributed by atoms with Gasteiger partial charge in [0.25, 0.3) is 5.91 Å². The highest BCUT2D eigenvalue weighted by Gasteiger charge is 2.38. The predicted molar refractivity (Wildman–Crippen MR) is 214 cm³/mol. The summed E-state index contributed by atoms with van der Waals surface area (Å²) in [5.74, 6) is -1.22. The monoisotopic (exact) mass is 854 g/mol. The maximum atomic E-state index is 14.3. The molecule has 4 aliphatic rings. The molecule has 1 unspecified atom stereocenters. The van der Waals surface area contributed by atoms with Crippen molar-refractivity contribution in [1.82, 2.24) is 9.80 Å². The molecule has 3 aliphatic heterocycles. The van der Waals surface area contributed by atoms with Crippen LogP contribution in [0.25, 0.3) is 0 Å². The van der Waals surface area contributed by atoms with Crippen molar-refractivity contribution in [2.75, 3.05) is 45.7 Å².